The molecule has 4 heteroatoms. The van der Waals surface area contributed by atoms with E-state index in [0.717, 1.165) is 13.1 Å². The van der Waals surface area contributed by atoms with E-state index >= 15 is 0 Å². The second-order valence-corrected chi connectivity index (χ2v) is 3.78. The van der Waals surface area contributed by atoms with Gasteiger partial charge in [0.25, 0.3) is 0 Å². The number of nitrogen functional groups attached to an aromatic ring is 1. The Balaban J connectivity index is 2.72. The predicted molar refractivity (Wildman–Crippen MR) is 63.6 cm³/mol. The Morgan fingerprint density at radius 1 is 1.38 bits per heavy atom. The molecule has 3 nitrogen and oxygen atoms in total. The van der Waals surface area contributed by atoms with E-state index in [0.29, 0.717) is 12.1 Å². The number of aliphatic hydroxyl groups is 1. The number of hydrogen-bond donors (Lipinski definition) is 2. The third-order valence-corrected chi connectivity index (χ3v) is 2.73. The summed E-state index contributed by atoms with van der Waals surface area (Å²) in [6, 6.07) is 4.35. The second-order valence-electron chi connectivity index (χ2n) is 3.78. The topological polar surface area (TPSA) is 49.5 Å². The van der Waals surface area contributed by atoms with Crippen LogP contribution < -0.4 is 5.73 Å². The Hall–Kier alpha value is -1.13. The Morgan fingerprint density at radius 2 is 2.00 bits per heavy atom. The lowest BCUT2D eigenvalue weighted by molar-refractivity contribution is 0.119. The monoisotopic (exact) mass is 226 g/mol. The Bertz CT molecular complexity index is 340. The summed E-state index contributed by atoms with van der Waals surface area (Å²) < 4.78 is 12.9. The van der Waals surface area contributed by atoms with Crippen LogP contribution in [0.25, 0.3) is 0 Å². The number of halogens is 1. The van der Waals surface area contributed by atoms with Crippen molar-refractivity contribution in [3.05, 3.63) is 29.6 Å². The van der Waals surface area contributed by atoms with Crippen LogP contribution in [0.15, 0.2) is 18.2 Å². The Labute approximate surface area is 95.7 Å². The average Bonchev–Trinajstić information content (AvgIpc) is 2.29. The highest BCUT2D eigenvalue weighted by Gasteiger charge is 2.12. The minimum atomic E-state index is -0.622. The highest BCUT2D eigenvalue weighted by molar-refractivity contribution is 5.43. The minimum Gasteiger partial charge on any atom is -0.396 e. The van der Waals surface area contributed by atoms with Gasteiger partial charge in [0.05, 0.1) is 11.8 Å². The third kappa shape index (κ3) is 3.18. The summed E-state index contributed by atoms with van der Waals surface area (Å²) >= 11 is 0. The highest BCUT2D eigenvalue weighted by Crippen LogP contribution is 2.19. The predicted octanol–water partition coefficient (Wildman–Crippen LogP) is 1.78. The van der Waals surface area contributed by atoms with E-state index in [-0.39, 0.29) is 5.69 Å². The van der Waals surface area contributed by atoms with Gasteiger partial charge in [-0.25, -0.2) is 4.39 Å². The average molecular weight is 226 g/mol. The molecule has 0 saturated heterocycles. The van der Waals surface area contributed by atoms with E-state index in [1.165, 1.54) is 12.1 Å². The number of hydrogen-bond acceptors (Lipinski definition) is 3. The molecule has 3 N–H and O–H groups in total. The van der Waals surface area contributed by atoms with Crippen molar-refractivity contribution in [3.63, 3.8) is 0 Å². The molecule has 16 heavy (non-hydrogen) atoms. The van der Waals surface area contributed by atoms with Gasteiger partial charge in [0.2, 0.25) is 0 Å². The molecule has 1 unspecified atom stereocenters. The van der Waals surface area contributed by atoms with Crippen molar-refractivity contribution in [3.8, 4) is 0 Å². The molecule has 0 fully saturated rings. The maximum Gasteiger partial charge on any atom is 0.146 e. The van der Waals surface area contributed by atoms with Gasteiger partial charge >= 0.3 is 0 Å². The number of nitrogens with zero attached hydrogens (tertiary/aromatic N) is 1. The number of benzene rings is 1. The van der Waals surface area contributed by atoms with E-state index < -0.39 is 11.9 Å². The number of rotatable bonds is 5. The van der Waals surface area contributed by atoms with Gasteiger partial charge in [-0.1, -0.05) is 19.9 Å². The summed E-state index contributed by atoms with van der Waals surface area (Å²) in [5.74, 6) is -0.446. The second kappa shape index (κ2) is 5.82. The van der Waals surface area contributed by atoms with Gasteiger partial charge in [0.15, 0.2) is 0 Å². The zero-order valence-corrected chi connectivity index (χ0v) is 9.78. The van der Waals surface area contributed by atoms with Crippen molar-refractivity contribution in [2.24, 2.45) is 0 Å². The van der Waals surface area contributed by atoms with E-state index in [9.17, 15) is 9.50 Å². The lowest BCUT2D eigenvalue weighted by atomic mass is 10.1. The zero-order valence-electron chi connectivity index (χ0n) is 9.78. The zero-order chi connectivity index (χ0) is 12.1. The fourth-order valence-corrected chi connectivity index (χ4v) is 1.60. The van der Waals surface area contributed by atoms with Crippen molar-refractivity contribution in [1.29, 1.82) is 0 Å². The van der Waals surface area contributed by atoms with Crippen LogP contribution in [0.1, 0.15) is 25.5 Å². The lowest BCUT2D eigenvalue weighted by Crippen LogP contribution is -2.28. The first-order valence-electron chi connectivity index (χ1n) is 5.53. The largest absolute Gasteiger partial charge is 0.396 e. The summed E-state index contributed by atoms with van der Waals surface area (Å²) in [6.45, 7) is 6.37. The molecule has 0 aliphatic heterocycles. The molecular weight excluding hydrogens is 207 g/mol. The molecule has 0 aliphatic rings. The van der Waals surface area contributed by atoms with Crippen LogP contribution in [0.5, 0.6) is 0 Å². The van der Waals surface area contributed by atoms with E-state index in [4.69, 9.17) is 5.73 Å². The first-order valence-corrected chi connectivity index (χ1v) is 5.53. The number of aliphatic hydroxyl groups excluding tert-OH is 1. The van der Waals surface area contributed by atoms with Crippen molar-refractivity contribution in [1.82, 2.24) is 4.90 Å². The van der Waals surface area contributed by atoms with E-state index in [2.05, 4.69) is 4.90 Å². The molecule has 0 bridgehead atoms. The molecule has 1 rings (SSSR count). The minimum absolute atomic E-state index is 0.0797. The van der Waals surface area contributed by atoms with Gasteiger partial charge in [0.1, 0.15) is 5.82 Å². The van der Waals surface area contributed by atoms with Gasteiger partial charge in [-0.15, -0.1) is 0 Å². The maximum absolute atomic E-state index is 12.9. The highest BCUT2D eigenvalue weighted by atomic mass is 19.1. The first kappa shape index (κ1) is 12.9. The number of nitrogens with two attached hydrogens (primary N) is 1. The summed E-state index contributed by atoms with van der Waals surface area (Å²) in [6.07, 6.45) is -0.622. The smallest absolute Gasteiger partial charge is 0.146 e. The van der Waals surface area contributed by atoms with E-state index in [1.807, 2.05) is 13.8 Å². The summed E-state index contributed by atoms with van der Waals surface area (Å²) in [4.78, 5) is 2.10. The summed E-state index contributed by atoms with van der Waals surface area (Å²) in [5.41, 5.74) is 6.19. The molecule has 0 aliphatic carbocycles. The summed E-state index contributed by atoms with van der Waals surface area (Å²) in [5, 5.41) is 9.95. The molecule has 1 atom stereocenters. The SMILES string of the molecule is CCN(CC)CC(O)c1ccc(F)c(N)c1. The van der Waals surface area contributed by atoms with Crippen LogP contribution in [-0.2, 0) is 0 Å². The standard InChI is InChI=1S/C12H19FN2O/c1-3-15(4-2)8-12(16)9-5-6-10(13)11(14)7-9/h5-7,12,16H,3-4,8,14H2,1-2H3. The Morgan fingerprint density at radius 3 is 2.50 bits per heavy atom. The molecule has 1 aromatic carbocycles. The fourth-order valence-electron chi connectivity index (χ4n) is 1.60. The van der Waals surface area contributed by atoms with Crippen LogP contribution in [0.3, 0.4) is 0 Å². The molecule has 0 aromatic heterocycles. The molecule has 0 radical (unpaired) electrons. The van der Waals surface area contributed by atoms with Crippen LogP contribution in [0.4, 0.5) is 10.1 Å². The van der Waals surface area contributed by atoms with Crippen LogP contribution in [0.2, 0.25) is 0 Å². The van der Waals surface area contributed by atoms with Crippen molar-refractivity contribution in [2.75, 3.05) is 25.4 Å². The molecule has 90 valence electrons. The van der Waals surface area contributed by atoms with Gasteiger partial charge in [-0.3, -0.25) is 0 Å². The maximum atomic E-state index is 12.9. The quantitative estimate of drug-likeness (QED) is 0.752. The van der Waals surface area contributed by atoms with Crippen molar-refractivity contribution >= 4 is 5.69 Å². The molecule has 1 aromatic rings. The van der Waals surface area contributed by atoms with Crippen molar-refractivity contribution < 1.29 is 9.50 Å². The van der Waals surface area contributed by atoms with Gasteiger partial charge in [0, 0.05) is 6.54 Å². The van der Waals surface area contributed by atoms with Crippen LogP contribution in [-0.4, -0.2) is 29.6 Å². The van der Waals surface area contributed by atoms with E-state index in [1.54, 1.807) is 6.07 Å². The molecular formula is C12H19FN2O. The molecule has 0 amide bonds. The number of anilines is 1. The van der Waals surface area contributed by atoms with Gasteiger partial charge in [-0.05, 0) is 30.8 Å². The first-order chi connectivity index (χ1) is 7.58. The summed E-state index contributed by atoms with van der Waals surface area (Å²) in [7, 11) is 0. The normalized spacial score (nSPS) is 13.1. The Kier molecular flexibility index (Phi) is 4.71. The van der Waals surface area contributed by atoms with Crippen LogP contribution in [0, 0.1) is 5.82 Å². The van der Waals surface area contributed by atoms with Crippen LogP contribution >= 0.6 is 0 Å². The lowest BCUT2D eigenvalue weighted by Gasteiger charge is -2.22. The number of likely N-dealkylation sites (N-methyl/N-ethyl adjacent to an activating group) is 1. The molecule has 0 heterocycles. The molecule has 0 spiro atoms. The third-order valence-electron chi connectivity index (χ3n) is 2.73. The van der Waals surface area contributed by atoms with Gasteiger partial charge in [-0.2, -0.15) is 0 Å². The van der Waals surface area contributed by atoms with Gasteiger partial charge < -0.3 is 15.7 Å². The fraction of sp³-hybridized carbons (Fsp3) is 0.500. The van der Waals surface area contributed by atoms with Crippen molar-refractivity contribution in [2.45, 2.75) is 20.0 Å². The molecule has 0 saturated carbocycles.